The summed E-state index contributed by atoms with van der Waals surface area (Å²) in [6, 6.07) is 13.5. The van der Waals surface area contributed by atoms with Crippen molar-refractivity contribution in [1.82, 2.24) is 0 Å². The quantitative estimate of drug-likeness (QED) is 0.270. The van der Waals surface area contributed by atoms with Crippen LogP contribution in [0.15, 0.2) is 57.8 Å². The van der Waals surface area contributed by atoms with E-state index in [-0.39, 0.29) is 16.2 Å². The number of nitro benzene ring substituents is 1. The first kappa shape index (κ1) is 17.9. The first-order valence-electron chi connectivity index (χ1n) is 6.54. The standard InChI is InChI=1S/C16H10ClN3O2S2/c17-12-2-4-13(5-3-12)24-15-6-1-10(8-14(15)20(21)22)7-11(9-18)16(19)23/h1-8H,(H2,19,23). The van der Waals surface area contributed by atoms with E-state index in [0.29, 0.717) is 15.5 Å². The molecule has 0 unspecified atom stereocenters. The topological polar surface area (TPSA) is 92.9 Å². The molecule has 0 saturated carbocycles. The maximum absolute atomic E-state index is 11.3. The van der Waals surface area contributed by atoms with Gasteiger partial charge in [-0.1, -0.05) is 41.6 Å². The van der Waals surface area contributed by atoms with Crippen LogP contribution in [-0.4, -0.2) is 9.91 Å². The molecule has 0 aliphatic carbocycles. The molecular formula is C16H10ClN3O2S2. The number of hydrogen-bond donors (Lipinski definition) is 1. The summed E-state index contributed by atoms with van der Waals surface area (Å²) in [5.74, 6) is 0. The zero-order valence-corrected chi connectivity index (χ0v) is 14.5. The lowest BCUT2D eigenvalue weighted by Gasteiger charge is -2.05. The van der Waals surface area contributed by atoms with Crippen molar-refractivity contribution >= 4 is 52.3 Å². The summed E-state index contributed by atoms with van der Waals surface area (Å²) in [4.78, 5) is 12.1. The zero-order chi connectivity index (χ0) is 17.7. The van der Waals surface area contributed by atoms with Crippen molar-refractivity contribution in [2.75, 3.05) is 0 Å². The molecule has 0 aromatic heterocycles. The van der Waals surface area contributed by atoms with Crippen LogP contribution in [0.2, 0.25) is 5.02 Å². The lowest BCUT2D eigenvalue weighted by atomic mass is 10.1. The van der Waals surface area contributed by atoms with Crippen molar-refractivity contribution in [2.24, 2.45) is 5.73 Å². The fourth-order valence-electron chi connectivity index (χ4n) is 1.81. The van der Waals surface area contributed by atoms with Gasteiger partial charge in [-0.05, 0) is 42.0 Å². The average molecular weight is 376 g/mol. The van der Waals surface area contributed by atoms with Crippen LogP contribution < -0.4 is 5.73 Å². The van der Waals surface area contributed by atoms with Crippen molar-refractivity contribution < 1.29 is 4.92 Å². The van der Waals surface area contributed by atoms with E-state index in [0.717, 1.165) is 4.90 Å². The lowest BCUT2D eigenvalue weighted by molar-refractivity contribution is -0.387. The number of nitrogens with zero attached hydrogens (tertiary/aromatic N) is 2. The Balaban J connectivity index is 2.40. The van der Waals surface area contributed by atoms with E-state index in [1.807, 2.05) is 6.07 Å². The van der Waals surface area contributed by atoms with E-state index < -0.39 is 4.92 Å². The molecule has 5 nitrogen and oxygen atoms in total. The van der Waals surface area contributed by atoms with Gasteiger partial charge in [0.25, 0.3) is 5.69 Å². The second-order valence-electron chi connectivity index (χ2n) is 4.57. The minimum absolute atomic E-state index is 0.0558. The third kappa shape index (κ3) is 4.55. The Morgan fingerprint density at radius 2 is 2.00 bits per heavy atom. The SMILES string of the molecule is N#CC(=Cc1ccc(Sc2ccc(Cl)cc2)c([N+](=O)[O-])c1)C(N)=S. The van der Waals surface area contributed by atoms with Crippen molar-refractivity contribution in [1.29, 1.82) is 5.26 Å². The normalized spacial score (nSPS) is 10.9. The van der Waals surface area contributed by atoms with Crippen LogP contribution in [0.4, 0.5) is 5.69 Å². The number of hydrogen-bond acceptors (Lipinski definition) is 5. The number of nitro groups is 1. The second kappa shape index (κ2) is 7.93. The molecule has 0 amide bonds. The summed E-state index contributed by atoms with van der Waals surface area (Å²) in [5.41, 5.74) is 5.94. The predicted molar refractivity (Wildman–Crippen MR) is 99.0 cm³/mol. The number of halogens is 1. The summed E-state index contributed by atoms with van der Waals surface area (Å²) in [6.45, 7) is 0. The number of nitrogens with two attached hydrogens (primary N) is 1. The van der Waals surface area contributed by atoms with Crippen LogP contribution in [0.3, 0.4) is 0 Å². The highest BCUT2D eigenvalue weighted by atomic mass is 35.5. The zero-order valence-electron chi connectivity index (χ0n) is 12.1. The highest BCUT2D eigenvalue weighted by Gasteiger charge is 2.16. The van der Waals surface area contributed by atoms with Crippen LogP contribution in [0.5, 0.6) is 0 Å². The molecule has 8 heteroatoms. The highest BCUT2D eigenvalue weighted by Crippen LogP contribution is 2.36. The number of benzene rings is 2. The molecule has 24 heavy (non-hydrogen) atoms. The molecule has 2 rings (SSSR count). The Hall–Kier alpha value is -2.40. The third-order valence-electron chi connectivity index (χ3n) is 2.92. The number of thiocarbonyl (C=S) groups is 1. The molecule has 2 aromatic rings. The van der Waals surface area contributed by atoms with Crippen LogP contribution in [0.1, 0.15) is 5.56 Å². The van der Waals surface area contributed by atoms with Gasteiger partial charge in [-0.2, -0.15) is 5.26 Å². The van der Waals surface area contributed by atoms with Crippen molar-refractivity contribution in [2.45, 2.75) is 9.79 Å². The van der Waals surface area contributed by atoms with Gasteiger partial charge >= 0.3 is 0 Å². The Morgan fingerprint density at radius 1 is 1.33 bits per heavy atom. The lowest BCUT2D eigenvalue weighted by Crippen LogP contribution is -2.09. The van der Waals surface area contributed by atoms with Gasteiger partial charge in [0.05, 0.1) is 15.4 Å². The Kier molecular flexibility index (Phi) is 5.93. The molecule has 0 atom stereocenters. The van der Waals surface area contributed by atoms with E-state index in [1.165, 1.54) is 23.9 Å². The van der Waals surface area contributed by atoms with Crippen molar-refractivity contribution in [3.63, 3.8) is 0 Å². The van der Waals surface area contributed by atoms with Crippen LogP contribution in [0, 0.1) is 21.4 Å². The molecule has 0 aliphatic heterocycles. The van der Waals surface area contributed by atoms with Gasteiger partial charge in [-0.25, -0.2) is 0 Å². The number of nitriles is 1. The Labute approximate surface area is 152 Å². The molecule has 0 saturated heterocycles. The minimum atomic E-state index is -0.470. The van der Waals surface area contributed by atoms with E-state index in [9.17, 15) is 10.1 Å². The minimum Gasteiger partial charge on any atom is -0.389 e. The highest BCUT2D eigenvalue weighted by molar-refractivity contribution is 7.99. The van der Waals surface area contributed by atoms with Crippen molar-refractivity contribution in [3.05, 3.63) is 68.7 Å². The molecule has 0 radical (unpaired) electrons. The van der Waals surface area contributed by atoms with Gasteiger partial charge in [0, 0.05) is 16.0 Å². The Morgan fingerprint density at radius 3 is 2.54 bits per heavy atom. The number of rotatable bonds is 5. The predicted octanol–water partition coefficient (Wildman–Crippen LogP) is 4.59. The summed E-state index contributed by atoms with van der Waals surface area (Å²) >= 11 is 11.8. The van der Waals surface area contributed by atoms with Crippen LogP contribution >= 0.6 is 35.6 Å². The molecule has 120 valence electrons. The molecule has 0 bridgehead atoms. The average Bonchev–Trinajstić information content (AvgIpc) is 2.55. The van der Waals surface area contributed by atoms with E-state index in [1.54, 1.807) is 36.4 Å². The monoisotopic (exact) mass is 375 g/mol. The summed E-state index contributed by atoms with van der Waals surface area (Å²) in [5, 5.41) is 20.9. The fourth-order valence-corrected chi connectivity index (χ4v) is 2.94. The van der Waals surface area contributed by atoms with E-state index in [2.05, 4.69) is 0 Å². The van der Waals surface area contributed by atoms with Crippen LogP contribution in [-0.2, 0) is 0 Å². The molecule has 0 spiro atoms. The van der Waals surface area contributed by atoms with Gasteiger partial charge in [0.1, 0.15) is 11.1 Å². The molecule has 2 aromatic carbocycles. The summed E-state index contributed by atoms with van der Waals surface area (Å²) in [6.07, 6.45) is 1.42. The molecule has 0 heterocycles. The maximum Gasteiger partial charge on any atom is 0.283 e. The van der Waals surface area contributed by atoms with E-state index in [4.69, 9.17) is 34.8 Å². The van der Waals surface area contributed by atoms with Gasteiger partial charge in [-0.3, -0.25) is 10.1 Å². The molecular weight excluding hydrogens is 366 g/mol. The Bertz CT molecular complexity index is 874. The fraction of sp³-hybridized carbons (Fsp3) is 0. The summed E-state index contributed by atoms with van der Waals surface area (Å²) in [7, 11) is 0. The largest absolute Gasteiger partial charge is 0.389 e. The summed E-state index contributed by atoms with van der Waals surface area (Å²) < 4.78 is 0. The molecule has 0 fully saturated rings. The van der Waals surface area contributed by atoms with Gasteiger partial charge in [-0.15, -0.1) is 0 Å². The maximum atomic E-state index is 11.3. The second-order valence-corrected chi connectivity index (χ2v) is 6.57. The molecule has 2 N–H and O–H groups in total. The first-order valence-corrected chi connectivity index (χ1v) is 8.14. The van der Waals surface area contributed by atoms with Gasteiger partial charge in [0.2, 0.25) is 0 Å². The van der Waals surface area contributed by atoms with Crippen LogP contribution in [0.25, 0.3) is 6.08 Å². The van der Waals surface area contributed by atoms with E-state index >= 15 is 0 Å². The smallest absolute Gasteiger partial charge is 0.283 e. The first-order chi connectivity index (χ1) is 11.4. The third-order valence-corrected chi connectivity index (χ3v) is 4.46. The van der Waals surface area contributed by atoms with Gasteiger partial charge < -0.3 is 5.73 Å². The molecule has 0 aliphatic rings. The van der Waals surface area contributed by atoms with Crippen molar-refractivity contribution in [3.8, 4) is 6.07 Å². The van der Waals surface area contributed by atoms with Gasteiger partial charge in [0.15, 0.2) is 0 Å².